The lowest BCUT2D eigenvalue weighted by Gasteiger charge is -2.22. The van der Waals surface area contributed by atoms with Crippen molar-refractivity contribution in [3.63, 3.8) is 0 Å². The molecule has 0 amide bonds. The maximum atomic E-state index is 13.6. The van der Waals surface area contributed by atoms with Gasteiger partial charge in [0.15, 0.2) is 17.5 Å². The van der Waals surface area contributed by atoms with Crippen LogP contribution < -0.4 is 16.0 Å². The molecule has 0 bridgehead atoms. The van der Waals surface area contributed by atoms with Crippen molar-refractivity contribution in [1.29, 1.82) is 0 Å². The van der Waals surface area contributed by atoms with Gasteiger partial charge in [0.05, 0.1) is 13.2 Å². The van der Waals surface area contributed by atoms with Crippen LogP contribution in [0.5, 0.6) is 0 Å². The second kappa shape index (κ2) is 10.7. The number of ether oxygens (including phenoxy) is 2. The average Bonchev–Trinajstić information content (AvgIpc) is 3.60. The SMILES string of the molecule is Cn1c(=O)n(CCCOC2CCCCO2)c(=O)c2c1nc(S(=O)(=O)NC1CC1)n2Cc1ccc(Cl)cc1. The van der Waals surface area contributed by atoms with E-state index in [1.54, 1.807) is 24.3 Å². The van der Waals surface area contributed by atoms with E-state index in [1.165, 1.54) is 16.2 Å². The van der Waals surface area contributed by atoms with E-state index in [1.807, 2.05) is 0 Å². The number of imidazole rings is 1. The number of aromatic nitrogens is 4. The quantitative estimate of drug-likeness (QED) is 0.382. The first-order chi connectivity index (χ1) is 17.7. The zero-order chi connectivity index (χ0) is 26.2. The van der Waals surface area contributed by atoms with Gasteiger partial charge in [-0.2, -0.15) is 4.98 Å². The number of aryl methyl sites for hydroxylation is 1. The lowest BCUT2D eigenvalue weighted by Crippen LogP contribution is -2.40. The van der Waals surface area contributed by atoms with Crippen LogP contribution in [0.4, 0.5) is 0 Å². The predicted octanol–water partition coefficient (Wildman–Crippen LogP) is 1.97. The lowest BCUT2D eigenvalue weighted by atomic mass is 10.2. The summed E-state index contributed by atoms with van der Waals surface area (Å²) in [6.07, 6.45) is 4.53. The minimum atomic E-state index is -4.03. The van der Waals surface area contributed by atoms with E-state index in [9.17, 15) is 18.0 Å². The summed E-state index contributed by atoms with van der Waals surface area (Å²) in [5.74, 6) is 0. The summed E-state index contributed by atoms with van der Waals surface area (Å²) in [5.41, 5.74) is -0.372. The molecule has 1 N–H and O–H groups in total. The Labute approximate surface area is 219 Å². The van der Waals surface area contributed by atoms with Gasteiger partial charge in [-0.25, -0.2) is 17.9 Å². The highest BCUT2D eigenvalue weighted by molar-refractivity contribution is 7.89. The zero-order valence-electron chi connectivity index (χ0n) is 20.6. The van der Waals surface area contributed by atoms with Crippen molar-refractivity contribution < 1.29 is 17.9 Å². The van der Waals surface area contributed by atoms with Crippen LogP contribution in [-0.2, 0) is 39.6 Å². The van der Waals surface area contributed by atoms with Crippen molar-refractivity contribution in [2.75, 3.05) is 13.2 Å². The van der Waals surface area contributed by atoms with E-state index in [-0.39, 0.29) is 41.7 Å². The molecule has 5 rings (SSSR count). The summed E-state index contributed by atoms with van der Waals surface area (Å²) in [7, 11) is -2.55. The number of fused-ring (bicyclic) bond motifs is 1. The molecular formula is C24H30ClN5O6S. The molecule has 1 aliphatic heterocycles. The Kier molecular flexibility index (Phi) is 7.55. The Morgan fingerprint density at radius 1 is 1.14 bits per heavy atom. The van der Waals surface area contributed by atoms with Gasteiger partial charge in [-0.15, -0.1) is 0 Å². The van der Waals surface area contributed by atoms with Crippen LogP contribution in [0.3, 0.4) is 0 Å². The maximum absolute atomic E-state index is 13.6. The number of benzene rings is 1. The first-order valence-electron chi connectivity index (χ1n) is 12.4. The van der Waals surface area contributed by atoms with Gasteiger partial charge in [0, 0.05) is 31.3 Å². The second-order valence-corrected chi connectivity index (χ2v) is 11.5. The summed E-state index contributed by atoms with van der Waals surface area (Å²) < 4.78 is 44.1. The molecule has 0 spiro atoms. The van der Waals surface area contributed by atoms with Crippen LogP contribution in [0.2, 0.25) is 5.02 Å². The van der Waals surface area contributed by atoms with Gasteiger partial charge in [0.25, 0.3) is 15.6 Å². The smallest absolute Gasteiger partial charge is 0.332 e. The molecule has 1 saturated heterocycles. The molecule has 37 heavy (non-hydrogen) atoms. The summed E-state index contributed by atoms with van der Waals surface area (Å²) in [6.45, 7) is 1.17. The molecule has 1 aliphatic carbocycles. The highest BCUT2D eigenvalue weighted by Crippen LogP contribution is 2.24. The van der Waals surface area contributed by atoms with Crippen LogP contribution in [-0.4, -0.2) is 52.6 Å². The third-order valence-corrected chi connectivity index (χ3v) is 8.25. The molecule has 1 saturated carbocycles. The highest BCUT2D eigenvalue weighted by atomic mass is 35.5. The number of hydrogen-bond donors (Lipinski definition) is 1. The fourth-order valence-electron chi connectivity index (χ4n) is 4.43. The van der Waals surface area contributed by atoms with Crippen molar-refractivity contribution >= 4 is 32.8 Å². The molecule has 0 radical (unpaired) electrons. The number of hydrogen-bond acceptors (Lipinski definition) is 7. The molecule has 200 valence electrons. The van der Waals surface area contributed by atoms with Crippen LogP contribution in [0.1, 0.15) is 44.1 Å². The Hall–Kier alpha value is -2.51. The van der Waals surface area contributed by atoms with E-state index < -0.39 is 21.3 Å². The van der Waals surface area contributed by atoms with Crippen molar-refractivity contribution in [2.24, 2.45) is 7.05 Å². The minimum absolute atomic E-state index is 0.0169. The molecule has 3 aromatic rings. The van der Waals surface area contributed by atoms with E-state index in [2.05, 4.69) is 9.71 Å². The van der Waals surface area contributed by atoms with E-state index >= 15 is 0 Å². The first-order valence-corrected chi connectivity index (χ1v) is 14.3. The molecule has 2 aromatic heterocycles. The number of nitrogens with zero attached hydrogens (tertiary/aromatic N) is 4. The lowest BCUT2D eigenvalue weighted by molar-refractivity contribution is -0.163. The summed E-state index contributed by atoms with van der Waals surface area (Å²) in [4.78, 5) is 31.0. The molecule has 3 heterocycles. The molecule has 1 aromatic carbocycles. The normalized spacial score (nSPS) is 18.5. The highest BCUT2D eigenvalue weighted by Gasteiger charge is 2.33. The third kappa shape index (κ3) is 5.68. The maximum Gasteiger partial charge on any atom is 0.332 e. The predicted molar refractivity (Wildman–Crippen MR) is 137 cm³/mol. The van der Waals surface area contributed by atoms with E-state index in [4.69, 9.17) is 21.1 Å². The zero-order valence-corrected chi connectivity index (χ0v) is 22.1. The minimum Gasteiger partial charge on any atom is -0.353 e. The van der Waals surface area contributed by atoms with Crippen LogP contribution >= 0.6 is 11.6 Å². The molecule has 11 nitrogen and oxygen atoms in total. The molecule has 1 unspecified atom stereocenters. The monoisotopic (exact) mass is 551 g/mol. The van der Waals surface area contributed by atoms with Gasteiger partial charge in [0.1, 0.15) is 0 Å². The third-order valence-electron chi connectivity index (χ3n) is 6.56. The number of sulfonamides is 1. The Morgan fingerprint density at radius 3 is 2.57 bits per heavy atom. The van der Waals surface area contributed by atoms with E-state index in [0.29, 0.717) is 24.7 Å². The van der Waals surface area contributed by atoms with Gasteiger partial charge in [-0.05, 0) is 56.2 Å². The fourth-order valence-corrected chi connectivity index (χ4v) is 5.98. The van der Waals surface area contributed by atoms with Crippen LogP contribution in [0.15, 0.2) is 39.0 Å². The van der Waals surface area contributed by atoms with Crippen molar-refractivity contribution in [3.8, 4) is 0 Å². The van der Waals surface area contributed by atoms with Gasteiger partial charge in [-0.1, -0.05) is 23.7 Å². The van der Waals surface area contributed by atoms with Gasteiger partial charge in [-0.3, -0.25) is 13.9 Å². The molecule has 2 aliphatic rings. The molecule has 13 heteroatoms. The summed E-state index contributed by atoms with van der Waals surface area (Å²) >= 11 is 6.02. The number of halogens is 1. The average molecular weight is 552 g/mol. The Balaban J connectivity index is 1.52. The standard InChI is InChI=1S/C24H30ClN5O6S/c1-28-21-20(22(31)29(24(28)32)12-4-14-36-19-5-2-3-13-35-19)30(15-16-6-8-17(25)9-7-16)23(26-21)37(33,34)27-18-10-11-18/h6-9,18-19,27H,2-5,10-15H2,1H3. The van der Waals surface area contributed by atoms with Gasteiger partial charge < -0.3 is 14.0 Å². The second-order valence-electron chi connectivity index (χ2n) is 9.49. The molecular weight excluding hydrogens is 522 g/mol. The largest absolute Gasteiger partial charge is 0.353 e. The molecule has 2 fully saturated rings. The Bertz CT molecular complexity index is 1500. The summed E-state index contributed by atoms with van der Waals surface area (Å²) in [5, 5.41) is 0.236. The topological polar surface area (TPSA) is 126 Å². The van der Waals surface area contributed by atoms with E-state index in [0.717, 1.165) is 42.2 Å². The first kappa shape index (κ1) is 26.1. The van der Waals surface area contributed by atoms with Crippen LogP contribution in [0, 0.1) is 0 Å². The summed E-state index contributed by atoms with van der Waals surface area (Å²) in [6, 6.07) is 6.74. The van der Waals surface area contributed by atoms with Gasteiger partial charge in [0.2, 0.25) is 5.16 Å². The van der Waals surface area contributed by atoms with Crippen molar-refractivity contribution in [3.05, 3.63) is 55.7 Å². The van der Waals surface area contributed by atoms with Gasteiger partial charge >= 0.3 is 5.69 Å². The molecule has 1 atom stereocenters. The number of nitrogens with one attached hydrogen (secondary N) is 1. The number of rotatable bonds is 10. The fraction of sp³-hybridized carbons (Fsp3) is 0.542. The Morgan fingerprint density at radius 2 is 1.89 bits per heavy atom. The van der Waals surface area contributed by atoms with Crippen LogP contribution in [0.25, 0.3) is 11.2 Å². The van der Waals surface area contributed by atoms with Crippen molar-refractivity contribution in [1.82, 2.24) is 23.4 Å². The van der Waals surface area contributed by atoms with Crippen molar-refractivity contribution in [2.45, 2.75) is 69.1 Å².